The number of hydrogen-bond acceptors (Lipinski definition) is 4. The summed E-state index contributed by atoms with van der Waals surface area (Å²) in [5.74, 6) is 1.08. The first-order chi connectivity index (χ1) is 15.3. The van der Waals surface area contributed by atoms with Crippen LogP contribution in [0.5, 0.6) is 11.5 Å². The molecule has 0 heterocycles. The maximum atomic E-state index is 11.8. The Labute approximate surface area is 180 Å². The minimum atomic E-state index is -0.324. The number of benzene rings is 4. The molecule has 0 saturated carbocycles. The number of hydrazone groups is 1. The standard InChI is InChI=1S/C26H22N2O3/c29-26(19-31-23-10-2-1-3-11-23)28-27-17-20-13-15-24(16-14-20)30-18-22-9-6-8-21-7-4-5-12-25(21)22/h1-17H,18-19H2,(H,28,29)/b27-17-. The van der Waals surface area contributed by atoms with Gasteiger partial charge in [0.15, 0.2) is 6.61 Å². The van der Waals surface area contributed by atoms with E-state index in [1.807, 2.05) is 60.7 Å². The SMILES string of the molecule is O=C(COc1ccccc1)N/N=C\c1ccc(OCc2cccc3ccccc23)cc1. The molecule has 4 aromatic carbocycles. The van der Waals surface area contributed by atoms with Crippen LogP contribution in [0.25, 0.3) is 10.8 Å². The summed E-state index contributed by atoms with van der Waals surface area (Å²) in [6.45, 7) is 0.397. The molecule has 5 heteroatoms. The number of carbonyl (C=O) groups is 1. The van der Waals surface area contributed by atoms with Crippen LogP contribution in [0, 0.1) is 0 Å². The van der Waals surface area contributed by atoms with E-state index in [2.05, 4.69) is 34.8 Å². The minimum Gasteiger partial charge on any atom is -0.489 e. The van der Waals surface area contributed by atoms with Crippen molar-refractivity contribution in [2.24, 2.45) is 5.10 Å². The highest BCUT2D eigenvalue weighted by atomic mass is 16.5. The fourth-order valence-corrected chi connectivity index (χ4v) is 3.11. The molecule has 0 aliphatic carbocycles. The molecule has 154 valence electrons. The number of amides is 1. The fraction of sp³-hybridized carbons (Fsp3) is 0.0769. The fourth-order valence-electron chi connectivity index (χ4n) is 3.11. The van der Waals surface area contributed by atoms with Gasteiger partial charge >= 0.3 is 0 Å². The molecule has 5 nitrogen and oxygen atoms in total. The van der Waals surface area contributed by atoms with Crippen LogP contribution in [0.15, 0.2) is 102 Å². The van der Waals surface area contributed by atoms with E-state index >= 15 is 0 Å². The second-order valence-electron chi connectivity index (χ2n) is 6.89. The Bertz CT molecular complexity index is 1170. The zero-order valence-electron chi connectivity index (χ0n) is 16.9. The van der Waals surface area contributed by atoms with Gasteiger partial charge in [-0.1, -0.05) is 60.7 Å². The van der Waals surface area contributed by atoms with Crippen LogP contribution >= 0.6 is 0 Å². The smallest absolute Gasteiger partial charge is 0.277 e. The average molecular weight is 410 g/mol. The molecule has 1 N–H and O–H groups in total. The zero-order valence-corrected chi connectivity index (χ0v) is 16.9. The number of rotatable bonds is 8. The average Bonchev–Trinajstić information content (AvgIpc) is 2.83. The third-order valence-corrected chi connectivity index (χ3v) is 4.67. The number of fused-ring (bicyclic) bond motifs is 1. The van der Waals surface area contributed by atoms with Crippen LogP contribution in [0.2, 0.25) is 0 Å². The van der Waals surface area contributed by atoms with Crippen LogP contribution in [0.1, 0.15) is 11.1 Å². The Morgan fingerprint density at radius 2 is 1.48 bits per heavy atom. The number of nitrogens with one attached hydrogen (secondary N) is 1. The summed E-state index contributed by atoms with van der Waals surface area (Å²) in [6, 6.07) is 31.2. The van der Waals surface area contributed by atoms with E-state index in [1.54, 1.807) is 18.3 Å². The van der Waals surface area contributed by atoms with E-state index in [0.29, 0.717) is 12.4 Å². The van der Waals surface area contributed by atoms with Gasteiger partial charge in [-0.2, -0.15) is 5.10 Å². The number of para-hydroxylation sites is 1. The van der Waals surface area contributed by atoms with Gasteiger partial charge in [0.2, 0.25) is 0 Å². The first-order valence-corrected chi connectivity index (χ1v) is 9.97. The van der Waals surface area contributed by atoms with Crippen molar-refractivity contribution in [3.63, 3.8) is 0 Å². The maximum absolute atomic E-state index is 11.8. The molecular formula is C26H22N2O3. The molecular weight excluding hydrogens is 388 g/mol. The number of ether oxygens (including phenoxy) is 2. The molecule has 0 unspecified atom stereocenters. The molecule has 0 fully saturated rings. The molecule has 4 aromatic rings. The Morgan fingerprint density at radius 3 is 2.32 bits per heavy atom. The van der Waals surface area contributed by atoms with Crippen molar-refractivity contribution in [3.05, 3.63) is 108 Å². The molecule has 1 amide bonds. The molecule has 4 rings (SSSR count). The Balaban J connectivity index is 1.26. The highest BCUT2D eigenvalue weighted by Gasteiger charge is 2.03. The molecule has 0 radical (unpaired) electrons. The maximum Gasteiger partial charge on any atom is 0.277 e. The van der Waals surface area contributed by atoms with Crippen molar-refractivity contribution in [3.8, 4) is 11.5 Å². The summed E-state index contributed by atoms with van der Waals surface area (Å²) in [6.07, 6.45) is 1.58. The molecule has 0 atom stereocenters. The van der Waals surface area contributed by atoms with Gasteiger partial charge in [0.25, 0.3) is 5.91 Å². The topological polar surface area (TPSA) is 59.9 Å². The predicted molar refractivity (Wildman–Crippen MR) is 122 cm³/mol. The third kappa shape index (κ3) is 5.70. The highest BCUT2D eigenvalue weighted by molar-refractivity contribution is 5.85. The van der Waals surface area contributed by atoms with Crippen molar-refractivity contribution in [1.82, 2.24) is 5.43 Å². The van der Waals surface area contributed by atoms with Crippen LogP contribution in [0.3, 0.4) is 0 Å². The first kappa shape index (κ1) is 20.2. The largest absolute Gasteiger partial charge is 0.489 e. The Hall–Kier alpha value is -4.12. The van der Waals surface area contributed by atoms with Gasteiger partial charge in [0.05, 0.1) is 6.21 Å². The minimum absolute atomic E-state index is 0.0949. The van der Waals surface area contributed by atoms with E-state index in [9.17, 15) is 4.79 Å². The molecule has 0 aliphatic rings. The van der Waals surface area contributed by atoms with E-state index in [-0.39, 0.29) is 12.5 Å². The lowest BCUT2D eigenvalue weighted by Crippen LogP contribution is -2.24. The van der Waals surface area contributed by atoms with Crippen molar-refractivity contribution >= 4 is 22.9 Å². The molecule has 31 heavy (non-hydrogen) atoms. The van der Waals surface area contributed by atoms with Gasteiger partial charge in [-0.15, -0.1) is 0 Å². The van der Waals surface area contributed by atoms with Crippen LogP contribution in [0.4, 0.5) is 0 Å². The van der Waals surface area contributed by atoms with E-state index in [1.165, 1.54) is 10.8 Å². The van der Waals surface area contributed by atoms with Gasteiger partial charge in [-0.25, -0.2) is 5.43 Å². The molecule has 0 aliphatic heterocycles. The normalized spacial score (nSPS) is 10.8. The number of nitrogens with zero attached hydrogens (tertiary/aromatic N) is 1. The van der Waals surface area contributed by atoms with Crippen molar-refractivity contribution in [2.45, 2.75) is 6.61 Å². The van der Waals surface area contributed by atoms with Crippen molar-refractivity contribution < 1.29 is 14.3 Å². The van der Waals surface area contributed by atoms with Crippen molar-refractivity contribution in [2.75, 3.05) is 6.61 Å². The highest BCUT2D eigenvalue weighted by Crippen LogP contribution is 2.21. The molecule has 0 saturated heterocycles. The van der Waals surface area contributed by atoms with E-state index in [4.69, 9.17) is 9.47 Å². The summed E-state index contributed by atoms with van der Waals surface area (Å²) in [5, 5.41) is 6.36. The lowest BCUT2D eigenvalue weighted by Gasteiger charge is -2.09. The summed E-state index contributed by atoms with van der Waals surface area (Å²) in [7, 11) is 0. The zero-order chi connectivity index (χ0) is 21.3. The summed E-state index contributed by atoms with van der Waals surface area (Å²) in [4.78, 5) is 11.8. The van der Waals surface area contributed by atoms with Gasteiger partial charge < -0.3 is 9.47 Å². The van der Waals surface area contributed by atoms with E-state index in [0.717, 1.165) is 16.9 Å². The summed E-state index contributed by atoms with van der Waals surface area (Å²) >= 11 is 0. The van der Waals surface area contributed by atoms with E-state index < -0.39 is 0 Å². The van der Waals surface area contributed by atoms with Gasteiger partial charge in [-0.3, -0.25) is 4.79 Å². The van der Waals surface area contributed by atoms with Gasteiger partial charge in [0, 0.05) is 0 Å². The number of hydrogen-bond donors (Lipinski definition) is 1. The van der Waals surface area contributed by atoms with Crippen molar-refractivity contribution in [1.29, 1.82) is 0 Å². The van der Waals surface area contributed by atoms with Gasteiger partial charge in [0.1, 0.15) is 18.1 Å². The second-order valence-corrected chi connectivity index (χ2v) is 6.89. The molecule has 0 spiro atoms. The summed E-state index contributed by atoms with van der Waals surface area (Å²) < 4.78 is 11.3. The Kier molecular flexibility index (Phi) is 6.55. The van der Waals surface area contributed by atoms with Crippen LogP contribution < -0.4 is 14.9 Å². The lowest BCUT2D eigenvalue weighted by atomic mass is 10.1. The van der Waals surface area contributed by atoms with Gasteiger partial charge in [-0.05, 0) is 58.3 Å². The predicted octanol–water partition coefficient (Wildman–Crippen LogP) is 4.95. The third-order valence-electron chi connectivity index (χ3n) is 4.67. The first-order valence-electron chi connectivity index (χ1n) is 9.97. The van der Waals surface area contributed by atoms with Crippen LogP contribution in [-0.4, -0.2) is 18.7 Å². The lowest BCUT2D eigenvalue weighted by molar-refractivity contribution is -0.123. The molecule has 0 bridgehead atoms. The summed E-state index contributed by atoms with van der Waals surface area (Å²) in [5.41, 5.74) is 4.45. The second kappa shape index (κ2) is 10.1. The Morgan fingerprint density at radius 1 is 0.774 bits per heavy atom. The monoisotopic (exact) mass is 410 g/mol. The van der Waals surface area contributed by atoms with Crippen LogP contribution in [-0.2, 0) is 11.4 Å². The molecule has 0 aromatic heterocycles. The quantitative estimate of drug-likeness (QED) is 0.330. The number of carbonyl (C=O) groups excluding carboxylic acids is 1.